The normalized spacial score (nSPS) is 11.5. The maximum atomic E-state index is 5.63. The van der Waals surface area contributed by atoms with Gasteiger partial charge in [-0.25, -0.2) is 9.97 Å². The number of para-hydroxylation sites is 1. The summed E-state index contributed by atoms with van der Waals surface area (Å²) in [5.74, 6) is 1.69. The van der Waals surface area contributed by atoms with Gasteiger partial charge in [0.05, 0.1) is 12.0 Å². The summed E-state index contributed by atoms with van der Waals surface area (Å²) in [5, 5.41) is 7.12. The smallest absolute Gasteiger partial charge is 0.143 e. The predicted molar refractivity (Wildman–Crippen MR) is 147 cm³/mol. The van der Waals surface area contributed by atoms with Crippen molar-refractivity contribution >= 4 is 54.9 Å². The van der Waals surface area contributed by atoms with Gasteiger partial charge < -0.3 is 15.0 Å². The Morgan fingerprint density at radius 1 is 0.971 bits per heavy atom. The lowest BCUT2D eigenvalue weighted by Crippen LogP contribution is -1.96. The van der Waals surface area contributed by atoms with Gasteiger partial charge in [0.2, 0.25) is 0 Å². The Morgan fingerprint density at radius 3 is 2.63 bits per heavy atom. The molecule has 0 saturated heterocycles. The van der Waals surface area contributed by atoms with Gasteiger partial charge in [-0.1, -0.05) is 43.3 Å². The molecule has 174 valence electrons. The van der Waals surface area contributed by atoms with Crippen molar-refractivity contribution < 1.29 is 4.74 Å². The van der Waals surface area contributed by atoms with Crippen LogP contribution in [0.4, 0.5) is 11.5 Å². The van der Waals surface area contributed by atoms with Crippen LogP contribution in [0.1, 0.15) is 24.3 Å². The standard InChI is InChI=1S/C29H26N4OS/c1-4-18-7-6-8-23-22-14-11-20(15-24(22)33-27(18)23)32-28-26-25(17(3)35-29(26)31-16-30-28)19-9-12-21(13-10-19)34-5-2/h6-16,33H,4-5H2,1-3H3,(H,30,31,32). The van der Waals surface area contributed by atoms with Gasteiger partial charge in [-0.05, 0) is 55.7 Å². The molecule has 6 heteroatoms. The number of aryl methyl sites for hydroxylation is 2. The van der Waals surface area contributed by atoms with E-state index < -0.39 is 0 Å². The fourth-order valence-corrected chi connectivity index (χ4v) is 5.88. The first-order valence-electron chi connectivity index (χ1n) is 11.9. The number of rotatable bonds is 6. The van der Waals surface area contributed by atoms with E-state index in [9.17, 15) is 0 Å². The maximum absolute atomic E-state index is 5.63. The predicted octanol–water partition coefficient (Wildman–Crippen LogP) is 8.01. The molecule has 5 nitrogen and oxygen atoms in total. The molecular formula is C29H26N4OS. The van der Waals surface area contributed by atoms with Gasteiger partial charge in [0.25, 0.3) is 0 Å². The van der Waals surface area contributed by atoms with E-state index in [-0.39, 0.29) is 0 Å². The molecule has 3 aromatic heterocycles. The van der Waals surface area contributed by atoms with E-state index >= 15 is 0 Å². The van der Waals surface area contributed by atoms with Crippen molar-refractivity contribution in [3.8, 4) is 16.9 Å². The Morgan fingerprint density at radius 2 is 1.83 bits per heavy atom. The third-order valence-corrected chi connectivity index (χ3v) is 7.50. The molecule has 2 N–H and O–H groups in total. The molecule has 3 aromatic carbocycles. The Kier molecular flexibility index (Phi) is 5.38. The van der Waals surface area contributed by atoms with E-state index in [2.05, 4.69) is 82.6 Å². The van der Waals surface area contributed by atoms with E-state index in [1.54, 1.807) is 17.7 Å². The molecule has 35 heavy (non-hydrogen) atoms. The van der Waals surface area contributed by atoms with E-state index in [0.29, 0.717) is 6.61 Å². The Labute approximate surface area is 207 Å². The van der Waals surface area contributed by atoms with E-state index in [1.165, 1.54) is 26.7 Å². The summed E-state index contributed by atoms with van der Waals surface area (Å²) in [6.07, 6.45) is 2.64. The molecule has 0 saturated carbocycles. The van der Waals surface area contributed by atoms with Gasteiger partial charge in [-0.3, -0.25) is 0 Å². The van der Waals surface area contributed by atoms with Crippen molar-refractivity contribution in [1.29, 1.82) is 0 Å². The highest BCUT2D eigenvalue weighted by molar-refractivity contribution is 7.19. The molecule has 0 bridgehead atoms. The second-order valence-corrected chi connectivity index (χ2v) is 9.80. The van der Waals surface area contributed by atoms with Crippen molar-refractivity contribution in [2.75, 3.05) is 11.9 Å². The van der Waals surface area contributed by atoms with E-state index in [4.69, 9.17) is 4.74 Å². The molecule has 0 spiro atoms. The molecule has 6 rings (SSSR count). The highest BCUT2D eigenvalue weighted by atomic mass is 32.1. The minimum atomic E-state index is 0.655. The second kappa shape index (κ2) is 8.71. The van der Waals surface area contributed by atoms with Gasteiger partial charge in [-0.15, -0.1) is 11.3 Å². The minimum absolute atomic E-state index is 0.655. The van der Waals surface area contributed by atoms with Gasteiger partial charge in [0.1, 0.15) is 22.7 Å². The monoisotopic (exact) mass is 478 g/mol. The SMILES string of the molecule is CCOc1ccc(-c2c(C)sc3ncnc(Nc4ccc5c(c4)[nH]c4c(CC)cccc45)c23)cc1. The summed E-state index contributed by atoms with van der Waals surface area (Å²) in [4.78, 5) is 15.0. The minimum Gasteiger partial charge on any atom is -0.494 e. The van der Waals surface area contributed by atoms with Crippen molar-refractivity contribution in [2.24, 2.45) is 0 Å². The summed E-state index contributed by atoms with van der Waals surface area (Å²) >= 11 is 1.69. The largest absolute Gasteiger partial charge is 0.494 e. The molecule has 6 aromatic rings. The molecule has 3 heterocycles. The number of hydrogen-bond donors (Lipinski definition) is 2. The van der Waals surface area contributed by atoms with Crippen LogP contribution in [0.3, 0.4) is 0 Å². The van der Waals surface area contributed by atoms with Crippen molar-refractivity contribution in [3.63, 3.8) is 0 Å². The first-order valence-corrected chi connectivity index (χ1v) is 12.8. The number of nitrogens with one attached hydrogen (secondary N) is 2. The third kappa shape index (κ3) is 3.70. The lowest BCUT2D eigenvalue weighted by molar-refractivity contribution is 0.340. The average molecular weight is 479 g/mol. The number of nitrogens with zero attached hydrogens (tertiary/aromatic N) is 2. The zero-order valence-corrected chi connectivity index (χ0v) is 20.8. The first-order chi connectivity index (χ1) is 17.2. The van der Waals surface area contributed by atoms with Crippen molar-refractivity contribution in [2.45, 2.75) is 27.2 Å². The molecule has 0 aliphatic heterocycles. The van der Waals surface area contributed by atoms with Gasteiger partial charge in [0.15, 0.2) is 0 Å². The highest BCUT2D eigenvalue weighted by Crippen LogP contribution is 2.41. The van der Waals surface area contributed by atoms with E-state index in [1.807, 2.05) is 19.1 Å². The Hall–Kier alpha value is -3.90. The van der Waals surface area contributed by atoms with Crippen LogP contribution in [-0.4, -0.2) is 21.6 Å². The number of hydrogen-bond acceptors (Lipinski definition) is 5. The number of aromatic nitrogens is 3. The van der Waals surface area contributed by atoms with Crippen LogP contribution >= 0.6 is 11.3 Å². The van der Waals surface area contributed by atoms with Gasteiger partial charge in [-0.2, -0.15) is 0 Å². The quantitative estimate of drug-likeness (QED) is 0.254. The maximum Gasteiger partial charge on any atom is 0.143 e. The fourth-order valence-electron chi connectivity index (χ4n) is 4.87. The van der Waals surface area contributed by atoms with Crippen LogP contribution in [0.15, 0.2) is 67.0 Å². The molecular weight excluding hydrogens is 452 g/mol. The van der Waals surface area contributed by atoms with Crippen LogP contribution in [0, 0.1) is 6.92 Å². The number of H-pyrrole nitrogens is 1. The fraction of sp³-hybridized carbons (Fsp3) is 0.172. The Balaban J connectivity index is 1.44. The van der Waals surface area contributed by atoms with E-state index in [0.717, 1.165) is 50.5 Å². The third-order valence-electron chi connectivity index (χ3n) is 6.48. The summed E-state index contributed by atoms with van der Waals surface area (Å²) in [5.41, 5.74) is 6.95. The summed E-state index contributed by atoms with van der Waals surface area (Å²) in [6, 6.07) is 21.2. The van der Waals surface area contributed by atoms with Crippen molar-refractivity contribution in [1.82, 2.24) is 15.0 Å². The van der Waals surface area contributed by atoms with Crippen LogP contribution in [-0.2, 0) is 6.42 Å². The molecule has 0 atom stereocenters. The van der Waals surface area contributed by atoms with Gasteiger partial charge >= 0.3 is 0 Å². The number of fused-ring (bicyclic) bond motifs is 4. The molecule has 0 unspecified atom stereocenters. The number of thiophene rings is 1. The average Bonchev–Trinajstić information content (AvgIpc) is 3.42. The molecule has 0 aliphatic carbocycles. The second-order valence-electron chi connectivity index (χ2n) is 8.60. The summed E-state index contributed by atoms with van der Waals surface area (Å²) in [7, 11) is 0. The molecule has 0 radical (unpaired) electrons. The number of ether oxygens (including phenoxy) is 1. The highest BCUT2D eigenvalue weighted by Gasteiger charge is 2.17. The zero-order valence-electron chi connectivity index (χ0n) is 20.0. The summed E-state index contributed by atoms with van der Waals surface area (Å²) in [6.45, 7) is 6.99. The lowest BCUT2D eigenvalue weighted by atomic mass is 10.0. The van der Waals surface area contributed by atoms with Crippen LogP contribution in [0.5, 0.6) is 5.75 Å². The van der Waals surface area contributed by atoms with Crippen LogP contribution in [0.2, 0.25) is 0 Å². The Bertz CT molecular complexity index is 1680. The molecule has 0 amide bonds. The molecule has 0 aliphatic rings. The number of anilines is 2. The number of aromatic amines is 1. The van der Waals surface area contributed by atoms with Crippen LogP contribution < -0.4 is 10.1 Å². The first kappa shape index (κ1) is 21.6. The van der Waals surface area contributed by atoms with Gasteiger partial charge in [0, 0.05) is 37.9 Å². The molecule has 0 fully saturated rings. The topological polar surface area (TPSA) is 62.8 Å². The van der Waals surface area contributed by atoms with Crippen LogP contribution in [0.25, 0.3) is 43.1 Å². The number of benzene rings is 3. The zero-order chi connectivity index (χ0) is 23.9. The lowest BCUT2D eigenvalue weighted by Gasteiger charge is -2.10. The summed E-state index contributed by atoms with van der Waals surface area (Å²) < 4.78 is 5.63. The van der Waals surface area contributed by atoms with Crippen molar-refractivity contribution in [3.05, 3.63) is 77.4 Å².